The average Bonchev–Trinajstić information content (AvgIpc) is 3.14. The number of anilines is 2. The van der Waals surface area contributed by atoms with Crippen molar-refractivity contribution >= 4 is 17.5 Å². The van der Waals surface area contributed by atoms with E-state index in [9.17, 15) is 0 Å². The van der Waals surface area contributed by atoms with E-state index < -0.39 is 0 Å². The molecule has 29 heavy (non-hydrogen) atoms. The lowest BCUT2D eigenvalue weighted by molar-refractivity contribution is 0.0398. The van der Waals surface area contributed by atoms with E-state index >= 15 is 0 Å². The standard InChI is InChI=1S/C20H34N8O/c1-26(2)10-5-8-22-19-24-20-23-17-7-4-3-6-16(17)18(28(20)25-19)21-9-11-27-12-14-29-15-13-27/h21H,3-15H2,1-2H3,(H,22,25). The maximum absolute atomic E-state index is 5.45. The largest absolute Gasteiger partial charge is 0.379 e. The number of rotatable bonds is 9. The van der Waals surface area contributed by atoms with Crippen LogP contribution in [0.15, 0.2) is 0 Å². The molecular weight excluding hydrogens is 368 g/mol. The number of hydrogen-bond acceptors (Lipinski definition) is 8. The molecule has 2 N–H and O–H groups in total. The molecule has 1 aliphatic heterocycles. The van der Waals surface area contributed by atoms with E-state index in [0.29, 0.717) is 11.7 Å². The van der Waals surface area contributed by atoms with Crippen molar-refractivity contribution in [1.29, 1.82) is 0 Å². The minimum atomic E-state index is 0.662. The molecule has 2 aromatic heterocycles. The molecule has 3 heterocycles. The number of fused-ring (bicyclic) bond motifs is 2. The maximum Gasteiger partial charge on any atom is 0.256 e. The molecule has 0 bridgehead atoms. The Morgan fingerprint density at radius 2 is 1.86 bits per heavy atom. The summed E-state index contributed by atoms with van der Waals surface area (Å²) < 4.78 is 7.35. The Morgan fingerprint density at radius 3 is 2.69 bits per heavy atom. The molecule has 0 unspecified atom stereocenters. The number of ether oxygens (including phenoxy) is 1. The second-order valence-electron chi connectivity index (χ2n) is 8.20. The van der Waals surface area contributed by atoms with Gasteiger partial charge in [-0.2, -0.15) is 9.50 Å². The van der Waals surface area contributed by atoms with E-state index in [1.165, 1.54) is 24.1 Å². The summed E-state index contributed by atoms with van der Waals surface area (Å²) in [6.07, 6.45) is 5.55. The Morgan fingerprint density at radius 1 is 1.03 bits per heavy atom. The minimum Gasteiger partial charge on any atom is -0.379 e. The van der Waals surface area contributed by atoms with E-state index in [4.69, 9.17) is 14.8 Å². The molecule has 9 nitrogen and oxygen atoms in total. The summed E-state index contributed by atoms with van der Waals surface area (Å²) in [6.45, 7) is 7.48. The second kappa shape index (κ2) is 9.69. The lowest BCUT2D eigenvalue weighted by atomic mass is 9.96. The van der Waals surface area contributed by atoms with Crippen LogP contribution in [0.2, 0.25) is 0 Å². The molecule has 1 aliphatic carbocycles. The Balaban J connectivity index is 1.48. The van der Waals surface area contributed by atoms with Crippen molar-refractivity contribution < 1.29 is 4.74 Å². The van der Waals surface area contributed by atoms with Gasteiger partial charge in [-0.25, -0.2) is 4.98 Å². The van der Waals surface area contributed by atoms with Crippen LogP contribution in [0.1, 0.15) is 30.5 Å². The van der Waals surface area contributed by atoms with Gasteiger partial charge >= 0.3 is 0 Å². The molecule has 1 saturated heterocycles. The van der Waals surface area contributed by atoms with E-state index in [0.717, 1.165) is 77.6 Å². The van der Waals surface area contributed by atoms with Gasteiger partial charge in [-0.05, 0) is 52.7 Å². The molecule has 0 spiro atoms. The SMILES string of the molecule is CN(C)CCCNc1nc2nc3c(c(NCCN4CCOCC4)n2n1)CCCC3. The third-order valence-corrected chi connectivity index (χ3v) is 5.65. The van der Waals surface area contributed by atoms with Crippen LogP contribution in [0, 0.1) is 0 Å². The molecule has 0 amide bonds. The third-order valence-electron chi connectivity index (χ3n) is 5.65. The number of aromatic nitrogens is 4. The predicted molar refractivity (Wildman–Crippen MR) is 115 cm³/mol. The van der Waals surface area contributed by atoms with Crippen molar-refractivity contribution in [3.05, 3.63) is 11.3 Å². The van der Waals surface area contributed by atoms with Crippen molar-refractivity contribution in [2.45, 2.75) is 32.1 Å². The number of aryl methyl sites for hydroxylation is 1. The van der Waals surface area contributed by atoms with E-state index in [-0.39, 0.29) is 0 Å². The summed E-state index contributed by atoms with van der Waals surface area (Å²) in [5.74, 6) is 2.43. The minimum absolute atomic E-state index is 0.662. The van der Waals surface area contributed by atoms with Crippen LogP contribution in [0.5, 0.6) is 0 Å². The summed E-state index contributed by atoms with van der Waals surface area (Å²) in [5, 5.41) is 11.7. The highest BCUT2D eigenvalue weighted by Gasteiger charge is 2.21. The number of nitrogens with zero attached hydrogens (tertiary/aromatic N) is 6. The predicted octanol–water partition coefficient (Wildman–Crippen LogP) is 1.11. The van der Waals surface area contributed by atoms with Crippen LogP contribution in [0.4, 0.5) is 11.8 Å². The van der Waals surface area contributed by atoms with Gasteiger partial charge in [-0.3, -0.25) is 4.90 Å². The van der Waals surface area contributed by atoms with E-state index in [1.807, 2.05) is 4.52 Å². The van der Waals surface area contributed by atoms with Crippen LogP contribution < -0.4 is 10.6 Å². The van der Waals surface area contributed by atoms with Gasteiger partial charge in [0.2, 0.25) is 5.95 Å². The zero-order valence-electron chi connectivity index (χ0n) is 17.8. The van der Waals surface area contributed by atoms with Gasteiger partial charge in [0.15, 0.2) is 0 Å². The van der Waals surface area contributed by atoms with Crippen molar-refractivity contribution in [2.75, 3.05) is 77.2 Å². The van der Waals surface area contributed by atoms with Crippen LogP contribution in [0.3, 0.4) is 0 Å². The van der Waals surface area contributed by atoms with Crippen molar-refractivity contribution in [3.8, 4) is 0 Å². The molecule has 0 aromatic carbocycles. The zero-order chi connectivity index (χ0) is 20.1. The van der Waals surface area contributed by atoms with Gasteiger partial charge < -0.3 is 20.3 Å². The van der Waals surface area contributed by atoms with Gasteiger partial charge in [0.1, 0.15) is 5.82 Å². The summed E-state index contributed by atoms with van der Waals surface area (Å²) in [4.78, 5) is 14.1. The second-order valence-corrected chi connectivity index (χ2v) is 8.20. The molecule has 4 rings (SSSR count). The van der Waals surface area contributed by atoms with Gasteiger partial charge in [-0.1, -0.05) is 0 Å². The van der Waals surface area contributed by atoms with Gasteiger partial charge in [0, 0.05) is 38.3 Å². The summed E-state index contributed by atoms with van der Waals surface area (Å²) in [7, 11) is 4.18. The molecule has 0 atom stereocenters. The van der Waals surface area contributed by atoms with Crippen molar-refractivity contribution in [3.63, 3.8) is 0 Å². The Kier molecular flexibility index (Phi) is 6.78. The van der Waals surface area contributed by atoms with Crippen molar-refractivity contribution in [1.82, 2.24) is 29.4 Å². The van der Waals surface area contributed by atoms with Crippen molar-refractivity contribution in [2.24, 2.45) is 0 Å². The summed E-state index contributed by atoms with van der Waals surface area (Å²) in [6, 6.07) is 0. The molecule has 2 aromatic rings. The Hall–Kier alpha value is -1.97. The number of morpholine rings is 1. The Bertz CT molecular complexity index is 799. The normalized spacial score (nSPS) is 17.6. The third kappa shape index (κ3) is 5.15. The molecule has 160 valence electrons. The van der Waals surface area contributed by atoms with Crippen LogP contribution in [-0.4, -0.2) is 96.0 Å². The molecule has 0 radical (unpaired) electrons. The highest BCUT2D eigenvalue weighted by molar-refractivity contribution is 5.55. The smallest absolute Gasteiger partial charge is 0.256 e. The first-order chi connectivity index (χ1) is 14.2. The van der Waals surface area contributed by atoms with Gasteiger partial charge in [-0.15, -0.1) is 5.10 Å². The Labute approximate surface area is 172 Å². The number of nitrogens with one attached hydrogen (secondary N) is 2. The molecular formula is C20H34N8O. The lowest BCUT2D eigenvalue weighted by Gasteiger charge is -2.27. The maximum atomic E-state index is 5.45. The summed E-state index contributed by atoms with van der Waals surface area (Å²) >= 11 is 0. The molecule has 1 fully saturated rings. The fourth-order valence-electron chi connectivity index (χ4n) is 4.05. The van der Waals surface area contributed by atoms with Crippen LogP contribution in [-0.2, 0) is 17.6 Å². The fraction of sp³-hybridized carbons (Fsp3) is 0.750. The van der Waals surface area contributed by atoms with Gasteiger partial charge in [0.05, 0.1) is 18.9 Å². The number of hydrogen-bond donors (Lipinski definition) is 2. The van der Waals surface area contributed by atoms with E-state index in [1.54, 1.807) is 0 Å². The lowest BCUT2D eigenvalue weighted by Crippen LogP contribution is -2.39. The van der Waals surface area contributed by atoms with Crippen LogP contribution >= 0.6 is 0 Å². The first-order valence-electron chi connectivity index (χ1n) is 10.9. The monoisotopic (exact) mass is 402 g/mol. The quantitative estimate of drug-likeness (QED) is 0.604. The zero-order valence-corrected chi connectivity index (χ0v) is 17.8. The fourth-order valence-corrected chi connectivity index (χ4v) is 4.05. The topological polar surface area (TPSA) is 82.8 Å². The molecule has 0 saturated carbocycles. The average molecular weight is 403 g/mol. The van der Waals surface area contributed by atoms with Crippen LogP contribution in [0.25, 0.3) is 5.78 Å². The highest BCUT2D eigenvalue weighted by atomic mass is 16.5. The first kappa shape index (κ1) is 20.3. The first-order valence-corrected chi connectivity index (χ1v) is 10.9. The van der Waals surface area contributed by atoms with E-state index in [2.05, 4.69) is 39.5 Å². The molecule has 9 heteroatoms. The molecule has 2 aliphatic rings. The summed E-state index contributed by atoms with van der Waals surface area (Å²) in [5.41, 5.74) is 2.50. The van der Waals surface area contributed by atoms with Gasteiger partial charge in [0.25, 0.3) is 5.78 Å². The highest BCUT2D eigenvalue weighted by Crippen LogP contribution is 2.27.